The Hall–Kier alpha value is -1.75. The summed E-state index contributed by atoms with van der Waals surface area (Å²) in [6, 6.07) is 7.00. The number of nitrogen functional groups attached to an aromatic ring is 1. The highest BCUT2D eigenvalue weighted by Crippen LogP contribution is 2.12. The smallest absolute Gasteiger partial charge is 0.223 e. The molecular weight excluding hydrogens is 232 g/mol. The van der Waals surface area contributed by atoms with E-state index < -0.39 is 6.10 Å². The summed E-state index contributed by atoms with van der Waals surface area (Å²) in [7, 11) is 0. The molecule has 1 aromatic carbocycles. The number of aliphatic hydroxyl groups excluding tert-OH is 1. The zero-order valence-corrected chi connectivity index (χ0v) is 10.6. The molecule has 0 aliphatic carbocycles. The second kappa shape index (κ2) is 7.55. The number of nitrogens with one attached hydrogen (secondary N) is 1. The quantitative estimate of drug-likeness (QED) is 0.630. The molecule has 1 atom stereocenters. The minimum atomic E-state index is -0.480. The summed E-state index contributed by atoms with van der Waals surface area (Å²) in [6.07, 6.45) is 0.412. The maximum atomic E-state index is 11.4. The van der Waals surface area contributed by atoms with Gasteiger partial charge in [-0.15, -0.1) is 0 Å². The Bertz CT molecular complexity index is 365. The van der Waals surface area contributed by atoms with E-state index in [1.807, 2.05) is 6.92 Å². The molecule has 0 spiro atoms. The van der Waals surface area contributed by atoms with Crippen LogP contribution in [-0.2, 0) is 4.79 Å². The monoisotopic (exact) mass is 252 g/mol. The number of hydrogen-bond acceptors (Lipinski definition) is 4. The molecule has 0 bridgehead atoms. The number of ether oxygens (including phenoxy) is 1. The van der Waals surface area contributed by atoms with Crippen LogP contribution in [0.5, 0.6) is 5.75 Å². The summed E-state index contributed by atoms with van der Waals surface area (Å²) in [5.41, 5.74) is 6.22. The van der Waals surface area contributed by atoms with E-state index in [9.17, 15) is 9.90 Å². The predicted octanol–water partition coefficient (Wildman–Crippen LogP) is 0.925. The maximum Gasteiger partial charge on any atom is 0.223 e. The lowest BCUT2D eigenvalue weighted by molar-refractivity contribution is -0.122. The number of amides is 1. The van der Waals surface area contributed by atoms with Crippen LogP contribution in [0.15, 0.2) is 24.3 Å². The molecule has 0 radical (unpaired) electrons. The van der Waals surface area contributed by atoms with Gasteiger partial charge >= 0.3 is 0 Å². The first-order chi connectivity index (χ1) is 8.61. The minimum Gasteiger partial charge on any atom is -0.493 e. The number of rotatable bonds is 7. The Balaban J connectivity index is 2.17. The van der Waals surface area contributed by atoms with Gasteiger partial charge < -0.3 is 20.9 Å². The second-order valence-corrected chi connectivity index (χ2v) is 4.03. The van der Waals surface area contributed by atoms with Gasteiger partial charge in [-0.05, 0) is 30.7 Å². The molecule has 0 aliphatic rings. The van der Waals surface area contributed by atoms with E-state index in [-0.39, 0.29) is 18.9 Å². The average Bonchev–Trinajstić information content (AvgIpc) is 2.38. The highest BCUT2D eigenvalue weighted by atomic mass is 16.5. The fourth-order valence-corrected chi connectivity index (χ4v) is 1.29. The van der Waals surface area contributed by atoms with E-state index in [0.29, 0.717) is 24.5 Å². The number of aliphatic hydroxyl groups is 1. The minimum absolute atomic E-state index is 0.127. The van der Waals surface area contributed by atoms with Crippen LogP contribution in [0.1, 0.15) is 19.8 Å². The van der Waals surface area contributed by atoms with Gasteiger partial charge in [0.1, 0.15) is 5.75 Å². The Morgan fingerprint density at radius 2 is 2.11 bits per heavy atom. The van der Waals surface area contributed by atoms with Gasteiger partial charge in [0, 0.05) is 12.2 Å². The Labute approximate surface area is 107 Å². The molecule has 1 rings (SSSR count). The molecule has 4 N–H and O–H groups in total. The highest BCUT2D eigenvalue weighted by molar-refractivity contribution is 5.76. The lowest BCUT2D eigenvalue weighted by atomic mass is 10.3. The highest BCUT2D eigenvalue weighted by Gasteiger charge is 2.05. The Morgan fingerprint density at radius 1 is 1.44 bits per heavy atom. The van der Waals surface area contributed by atoms with Crippen LogP contribution in [0, 0.1) is 0 Å². The fourth-order valence-electron chi connectivity index (χ4n) is 1.29. The molecule has 0 fully saturated rings. The molecule has 0 saturated carbocycles. The first-order valence-electron chi connectivity index (χ1n) is 6.05. The number of anilines is 1. The largest absolute Gasteiger partial charge is 0.493 e. The van der Waals surface area contributed by atoms with Crippen molar-refractivity contribution in [3.05, 3.63) is 24.3 Å². The van der Waals surface area contributed by atoms with Gasteiger partial charge in [0.2, 0.25) is 5.91 Å². The lowest BCUT2D eigenvalue weighted by Crippen LogP contribution is -2.32. The van der Waals surface area contributed by atoms with Crippen LogP contribution >= 0.6 is 0 Å². The molecule has 0 heterocycles. The third kappa shape index (κ3) is 5.54. The third-order valence-electron chi connectivity index (χ3n) is 2.48. The molecule has 1 amide bonds. The van der Waals surface area contributed by atoms with Crippen LogP contribution in [-0.4, -0.2) is 30.3 Å². The van der Waals surface area contributed by atoms with Crippen molar-refractivity contribution in [2.45, 2.75) is 25.9 Å². The van der Waals surface area contributed by atoms with Gasteiger partial charge in [0.25, 0.3) is 0 Å². The van der Waals surface area contributed by atoms with E-state index in [1.165, 1.54) is 0 Å². The molecule has 0 aliphatic heterocycles. The predicted molar refractivity (Wildman–Crippen MR) is 70.3 cm³/mol. The number of carbonyl (C=O) groups is 1. The Kier molecular flexibility index (Phi) is 6.00. The molecule has 0 aromatic heterocycles. The second-order valence-electron chi connectivity index (χ2n) is 4.03. The molecule has 0 saturated heterocycles. The molecule has 18 heavy (non-hydrogen) atoms. The van der Waals surface area contributed by atoms with E-state index in [2.05, 4.69) is 5.32 Å². The van der Waals surface area contributed by atoms with E-state index in [4.69, 9.17) is 10.5 Å². The van der Waals surface area contributed by atoms with Crippen molar-refractivity contribution in [3.8, 4) is 5.75 Å². The third-order valence-corrected chi connectivity index (χ3v) is 2.48. The summed E-state index contributed by atoms with van der Waals surface area (Å²) in [6.45, 7) is 2.45. The van der Waals surface area contributed by atoms with Gasteiger partial charge in [0.15, 0.2) is 0 Å². The molecule has 1 aromatic rings. The van der Waals surface area contributed by atoms with Gasteiger partial charge in [0.05, 0.1) is 19.1 Å². The fraction of sp³-hybridized carbons (Fsp3) is 0.462. The van der Waals surface area contributed by atoms with Crippen molar-refractivity contribution in [3.63, 3.8) is 0 Å². The lowest BCUT2D eigenvalue weighted by Gasteiger charge is -2.10. The summed E-state index contributed by atoms with van der Waals surface area (Å²) in [5, 5.41) is 11.9. The average molecular weight is 252 g/mol. The summed E-state index contributed by atoms with van der Waals surface area (Å²) in [4.78, 5) is 11.4. The number of carbonyl (C=O) groups excluding carboxylic acids is 1. The van der Waals surface area contributed by atoms with Gasteiger partial charge in [-0.2, -0.15) is 0 Å². The summed E-state index contributed by atoms with van der Waals surface area (Å²) in [5.74, 6) is 0.559. The Morgan fingerprint density at radius 3 is 2.72 bits per heavy atom. The van der Waals surface area contributed by atoms with Crippen molar-refractivity contribution < 1.29 is 14.6 Å². The van der Waals surface area contributed by atoms with Crippen molar-refractivity contribution in [2.75, 3.05) is 18.9 Å². The van der Waals surface area contributed by atoms with Crippen LogP contribution < -0.4 is 15.8 Å². The van der Waals surface area contributed by atoms with Gasteiger partial charge in [-0.1, -0.05) is 6.92 Å². The van der Waals surface area contributed by atoms with Crippen molar-refractivity contribution in [1.82, 2.24) is 5.32 Å². The summed E-state index contributed by atoms with van der Waals surface area (Å²) < 4.78 is 5.39. The van der Waals surface area contributed by atoms with Crippen molar-refractivity contribution >= 4 is 11.6 Å². The van der Waals surface area contributed by atoms with Crippen LogP contribution in [0.25, 0.3) is 0 Å². The number of nitrogens with two attached hydrogens (primary N) is 1. The standard InChI is InChI=1S/C13H20N2O3/c1-2-11(16)9-15-13(17)7-8-18-12-5-3-10(14)4-6-12/h3-6,11,16H,2,7-9,14H2,1H3,(H,15,17). The zero-order chi connectivity index (χ0) is 13.4. The first-order valence-corrected chi connectivity index (χ1v) is 6.05. The summed E-state index contributed by atoms with van der Waals surface area (Å²) >= 11 is 0. The molecule has 100 valence electrons. The zero-order valence-electron chi connectivity index (χ0n) is 10.6. The maximum absolute atomic E-state index is 11.4. The van der Waals surface area contributed by atoms with Crippen LogP contribution in [0.4, 0.5) is 5.69 Å². The molecule has 1 unspecified atom stereocenters. The SMILES string of the molecule is CCC(O)CNC(=O)CCOc1ccc(N)cc1. The van der Waals surface area contributed by atoms with Gasteiger partial charge in [-0.3, -0.25) is 4.79 Å². The topological polar surface area (TPSA) is 84.6 Å². The molecule has 5 heteroatoms. The number of hydrogen-bond donors (Lipinski definition) is 3. The van der Waals surface area contributed by atoms with E-state index in [1.54, 1.807) is 24.3 Å². The molecule has 5 nitrogen and oxygen atoms in total. The normalized spacial score (nSPS) is 11.9. The van der Waals surface area contributed by atoms with Crippen LogP contribution in [0.2, 0.25) is 0 Å². The number of benzene rings is 1. The van der Waals surface area contributed by atoms with Crippen molar-refractivity contribution in [2.24, 2.45) is 0 Å². The van der Waals surface area contributed by atoms with E-state index >= 15 is 0 Å². The van der Waals surface area contributed by atoms with Gasteiger partial charge in [-0.25, -0.2) is 0 Å². The van der Waals surface area contributed by atoms with Crippen LogP contribution in [0.3, 0.4) is 0 Å². The first kappa shape index (κ1) is 14.3. The van der Waals surface area contributed by atoms with E-state index in [0.717, 1.165) is 0 Å². The molecular formula is C13H20N2O3. The van der Waals surface area contributed by atoms with Crippen molar-refractivity contribution in [1.29, 1.82) is 0 Å².